The van der Waals surface area contributed by atoms with E-state index in [0.717, 1.165) is 11.8 Å². The minimum Gasteiger partial charge on any atom is -0.443 e. The molecule has 4 rings (SSSR count). The first-order valence-electron chi connectivity index (χ1n) is 8.21. The number of nitrogens with one attached hydrogen (secondary N) is 1. The second-order valence-electron chi connectivity index (χ2n) is 7.31. The van der Waals surface area contributed by atoms with Gasteiger partial charge in [-0.25, -0.2) is 4.79 Å². The van der Waals surface area contributed by atoms with Gasteiger partial charge in [0.1, 0.15) is 5.60 Å². The van der Waals surface area contributed by atoms with Crippen LogP contribution in [0.3, 0.4) is 0 Å². The highest BCUT2D eigenvalue weighted by Gasteiger charge is 2.62. The fourth-order valence-electron chi connectivity index (χ4n) is 4.85. The van der Waals surface area contributed by atoms with Crippen LogP contribution in [0.4, 0.5) is 4.79 Å². The average molecular weight is 308 g/mol. The van der Waals surface area contributed by atoms with Gasteiger partial charge in [-0.2, -0.15) is 0 Å². The Kier molecular flexibility index (Phi) is 3.91. The van der Waals surface area contributed by atoms with Gasteiger partial charge in [-0.15, -0.1) is 0 Å². The molecule has 5 heteroatoms. The second-order valence-corrected chi connectivity index (χ2v) is 7.31. The molecule has 0 heterocycles. The van der Waals surface area contributed by atoms with Crippen LogP contribution in [0.25, 0.3) is 0 Å². The van der Waals surface area contributed by atoms with Gasteiger partial charge in [0.25, 0.3) is 0 Å². The topological polar surface area (TPSA) is 69.0 Å². The van der Waals surface area contributed by atoms with Crippen molar-refractivity contribution < 1.29 is 19.1 Å². The summed E-state index contributed by atoms with van der Waals surface area (Å²) < 4.78 is 10.9. The molecule has 0 aromatic carbocycles. The molecule has 5 nitrogen and oxygen atoms in total. The molecule has 0 saturated heterocycles. The lowest BCUT2D eigenvalue weighted by Crippen LogP contribution is -2.47. The monoisotopic (exact) mass is 308 g/mol. The molecule has 4 aliphatic rings. The quantitative estimate of drug-likeness (QED) is 0.367. The van der Waals surface area contributed by atoms with Crippen LogP contribution in [0, 0.1) is 23.7 Å². The van der Waals surface area contributed by atoms with Crippen LogP contribution in [-0.2, 0) is 9.47 Å². The van der Waals surface area contributed by atoms with Gasteiger partial charge in [-0.1, -0.05) is 6.58 Å². The van der Waals surface area contributed by atoms with Gasteiger partial charge in [-0.05, 0) is 57.3 Å². The molecule has 4 fully saturated rings. The van der Waals surface area contributed by atoms with E-state index in [1.807, 2.05) is 0 Å². The Morgan fingerprint density at radius 2 is 2.14 bits per heavy atom. The molecule has 0 aromatic heterocycles. The molecular weight excluding hydrogens is 282 g/mol. The number of rotatable bonds is 5. The Morgan fingerprint density at radius 3 is 2.82 bits per heavy atom. The van der Waals surface area contributed by atoms with Crippen molar-refractivity contribution in [2.24, 2.45) is 23.7 Å². The molecule has 22 heavy (non-hydrogen) atoms. The highest BCUT2D eigenvalue weighted by Crippen LogP contribution is 2.63. The van der Waals surface area contributed by atoms with Crippen LogP contribution in [0.15, 0.2) is 12.2 Å². The lowest BCUT2D eigenvalue weighted by molar-refractivity contribution is -0.0588. The van der Waals surface area contributed by atoms with Crippen molar-refractivity contribution in [2.45, 2.75) is 45.1 Å². The summed E-state index contributed by atoms with van der Waals surface area (Å²) in [5, 5.41) is 2.71. The SMILES string of the molecule is C=C(C)C(=[OH+])OCCNC(=O)OC1(C)C2CC3CC(C2)C1C3. The number of hydrogen-bond donors (Lipinski definition) is 1. The molecule has 5 atom stereocenters. The Balaban J connectivity index is 1.44. The standard InChI is InChI=1S/C17H25NO4/c1-10(2)15(19)21-5-4-18-16(20)22-17(3)13-7-11-6-12(9-13)14(17)8-11/h11-14H,1,4-9H2,2-3H3,(H,18,20)/p+1. The molecule has 5 unspecified atom stereocenters. The summed E-state index contributed by atoms with van der Waals surface area (Å²) >= 11 is 0. The van der Waals surface area contributed by atoms with Crippen molar-refractivity contribution in [3.8, 4) is 0 Å². The van der Waals surface area contributed by atoms with Gasteiger partial charge in [0.05, 0.1) is 12.1 Å². The van der Waals surface area contributed by atoms with E-state index in [0.29, 0.717) is 24.0 Å². The van der Waals surface area contributed by atoms with Crippen LogP contribution in [0.5, 0.6) is 0 Å². The van der Waals surface area contributed by atoms with E-state index in [-0.39, 0.29) is 24.3 Å². The fraction of sp³-hybridized carbons (Fsp3) is 0.765. The summed E-state index contributed by atoms with van der Waals surface area (Å²) in [6.07, 6.45) is 4.59. The molecule has 1 amide bonds. The Morgan fingerprint density at radius 1 is 1.36 bits per heavy atom. The summed E-state index contributed by atoms with van der Waals surface area (Å²) in [5.41, 5.74) is 0.169. The van der Waals surface area contributed by atoms with Crippen molar-refractivity contribution in [2.75, 3.05) is 13.2 Å². The third kappa shape index (κ3) is 2.61. The third-order valence-corrected chi connectivity index (χ3v) is 5.83. The largest absolute Gasteiger partial charge is 0.512 e. The second kappa shape index (κ2) is 5.60. The van der Waals surface area contributed by atoms with Crippen molar-refractivity contribution >= 4 is 12.1 Å². The molecule has 4 saturated carbocycles. The molecule has 2 N–H and O–H groups in total. The molecule has 0 radical (unpaired) electrons. The molecule has 0 aromatic rings. The zero-order valence-corrected chi connectivity index (χ0v) is 13.4. The number of alkyl carbamates (subject to hydrolysis) is 1. The van der Waals surface area contributed by atoms with Crippen LogP contribution in [-0.4, -0.2) is 35.6 Å². The molecule has 0 aliphatic heterocycles. The van der Waals surface area contributed by atoms with Crippen LogP contribution in [0.2, 0.25) is 0 Å². The zero-order chi connectivity index (χ0) is 15.9. The first kappa shape index (κ1) is 15.4. The van der Waals surface area contributed by atoms with Crippen molar-refractivity contribution in [1.82, 2.24) is 5.32 Å². The van der Waals surface area contributed by atoms with Crippen molar-refractivity contribution in [3.05, 3.63) is 12.2 Å². The maximum absolute atomic E-state index is 12.1. The van der Waals surface area contributed by atoms with E-state index in [4.69, 9.17) is 9.47 Å². The summed E-state index contributed by atoms with van der Waals surface area (Å²) in [5.74, 6) is 2.50. The highest BCUT2D eigenvalue weighted by atomic mass is 16.6. The van der Waals surface area contributed by atoms with E-state index in [2.05, 4.69) is 18.8 Å². The summed E-state index contributed by atoms with van der Waals surface area (Å²) in [6, 6.07) is 0. The molecule has 122 valence electrons. The maximum atomic E-state index is 12.1. The smallest absolute Gasteiger partial charge is 0.443 e. The van der Waals surface area contributed by atoms with Crippen LogP contribution < -0.4 is 5.32 Å². The molecular formula is C17H26NO4+. The predicted molar refractivity (Wildman–Crippen MR) is 83.0 cm³/mol. The van der Waals surface area contributed by atoms with E-state index in [9.17, 15) is 9.59 Å². The lowest BCUT2D eigenvalue weighted by atomic mass is 9.73. The van der Waals surface area contributed by atoms with E-state index >= 15 is 0 Å². The van der Waals surface area contributed by atoms with Gasteiger partial charge in [0.2, 0.25) is 6.61 Å². The third-order valence-electron chi connectivity index (χ3n) is 5.83. The van der Waals surface area contributed by atoms with Gasteiger partial charge in [0, 0.05) is 5.92 Å². The van der Waals surface area contributed by atoms with E-state index < -0.39 is 0 Å². The van der Waals surface area contributed by atoms with Crippen molar-refractivity contribution in [1.29, 1.82) is 0 Å². The highest BCUT2D eigenvalue weighted by molar-refractivity contribution is 5.87. The predicted octanol–water partition coefficient (Wildman–Crippen LogP) is 2.63. The Hall–Kier alpha value is -1.52. The fourth-order valence-corrected chi connectivity index (χ4v) is 4.85. The van der Waals surface area contributed by atoms with Crippen LogP contribution >= 0.6 is 0 Å². The normalized spacial score (nSPS) is 37.9. The summed E-state index contributed by atoms with van der Waals surface area (Å²) in [7, 11) is 0. The summed E-state index contributed by atoms with van der Waals surface area (Å²) in [6.45, 7) is 7.83. The Labute approximate surface area is 131 Å². The van der Waals surface area contributed by atoms with Crippen molar-refractivity contribution in [3.63, 3.8) is 0 Å². The number of esters is 1. The number of carbonyl (C=O) groups is 1. The average Bonchev–Trinajstić information content (AvgIpc) is 2.84. The van der Waals surface area contributed by atoms with E-state index in [1.54, 1.807) is 6.92 Å². The zero-order valence-electron chi connectivity index (χ0n) is 13.4. The van der Waals surface area contributed by atoms with Gasteiger partial charge < -0.3 is 19.6 Å². The minimum atomic E-state index is -0.378. The summed E-state index contributed by atoms with van der Waals surface area (Å²) in [4.78, 5) is 21.4. The van der Waals surface area contributed by atoms with E-state index in [1.165, 1.54) is 25.7 Å². The minimum absolute atomic E-state index is 0.188. The molecule has 4 aliphatic carbocycles. The Bertz CT molecular complexity index is 499. The van der Waals surface area contributed by atoms with Gasteiger partial charge >= 0.3 is 12.1 Å². The first-order valence-corrected chi connectivity index (χ1v) is 8.21. The number of amides is 1. The van der Waals surface area contributed by atoms with Gasteiger partial charge in [-0.3, -0.25) is 0 Å². The first-order chi connectivity index (χ1) is 10.4. The number of ether oxygens (including phenoxy) is 2. The molecule has 0 spiro atoms. The van der Waals surface area contributed by atoms with Crippen LogP contribution in [0.1, 0.15) is 39.5 Å². The molecule has 4 bridgehead atoms. The number of carbonyl (C=O) groups excluding carboxylic acids is 2. The number of hydrogen-bond acceptors (Lipinski definition) is 3. The lowest BCUT2D eigenvalue weighted by Gasteiger charge is -2.40. The maximum Gasteiger partial charge on any atom is 0.512 e. The van der Waals surface area contributed by atoms with Gasteiger partial charge in [0.15, 0.2) is 0 Å².